The van der Waals surface area contributed by atoms with E-state index in [1.807, 2.05) is 12.1 Å². The molecule has 4 nitrogen and oxygen atoms in total. The van der Waals surface area contributed by atoms with Crippen molar-refractivity contribution in [2.45, 2.75) is 18.9 Å². The average Bonchev–Trinajstić information content (AvgIpc) is 2.99. The Hall–Kier alpha value is -2.43. The number of amides is 1. The summed E-state index contributed by atoms with van der Waals surface area (Å²) in [5, 5.41) is 0. The Balaban J connectivity index is 1.56. The second kappa shape index (κ2) is 6.56. The van der Waals surface area contributed by atoms with Gasteiger partial charge in [-0.25, -0.2) is 4.39 Å². The molecule has 1 aliphatic heterocycles. The topological polar surface area (TPSA) is 42.4 Å². The molecule has 1 aliphatic rings. The van der Waals surface area contributed by atoms with E-state index < -0.39 is 0 Å². The van der Waals surface area contributed by atoms with E-state index in [2.05, 4.69) is 4.98 Å². The van der Waals surface area contributed by atoms with Crippen LogP contribution in [0, 0.1) is 5.82 Å². The quantitative estimate of drug-likeness (QED) is 0.871. The van der Waals surface area contributed by atoms with Crippen molar-refractivity contribution in [3.05, 3.63) is 60.2 Å². The van der Waals surface area contributed by atoms with Crippen LogP contribution in [-0.2, 0) is 11.2 Å². The number of halogens is 1. The number of carbonyl (C=O) groups is 1. The van der Waals surface area contributed by atoms with E-state index in [1.54, 1.807) is 35.5 Å². The molecular weight excluding hydrogens is 283 g/mol. The van der Waals surface area contributed by atoms with E-state index >= 15 is 0 Å². The van der Waals surface area contributed by atoms with Gasteiger partial charge in [-0.3, -0.25) is 9.78 Å². The monoisotopic (exact) mass is 300 g/mol. The van der Waals surface area contributed by atoms with Crippen LogP contribution < -0.4 is 4.74 Å². The Kier molecular flexibility index (Phi) is 4.32. The molecule has 22 heavy (non-hydrogen) atoms. The third-order valence-corrected chi connectivity index (χ3v) is 3.73. The minimum atomic E-state index is -0.335. The van der Waals surface area contributed by atoms with Crippen LogP contribution in [0.25, 0.3) is 0 Å². The molecule has 0 bridgehead atoms. The summed E-state index contributed by atoms with van der Waals surface area (Å²) in [7, 11) is 0. The zero-order valence-corrected chi connectivity index (χ0v) is 12.1. The van der Waals surface area contributed by atoms with Crippen LogP contribution >= 0.6 is 0 Å². The number of hydrogen-bond acceptors (Lipinski definition) is 3. The van der Waals surface area contributed by atoms with Crippen LogP contribution in [0.5, 0.6) is 5.75 Å². The van der Waals surface area contributed by atoms with Gasteiger partial charge in [0.05, 0.1) is 19.2 Å². The minimum Gasteiger partial charge on any atom is -0.487 e. The normalized spacial score (nSPS) is 17.5. The molecule has 3 rings (SSSR count). The summed E-state index contributed by atoms with van der Waals surface area (Å²) < 4.78 is 19.4. The number of likely N-dealkylation sites (tertiary alicyclic amines) is 1. The molecule has 1 amide bonds. The predicted molar refractivity (Wildman–Crippen MR) is 80.0 cm³/mol. The third kappa shape index (κ3) is 3.42. The van der Waals surface area contributed by atoms with Crippen LogP contribution in [-0.4, -0.2) is 35.0 Å². The van der Waals surface area contributed by atoms with Crippen molar-refractivity contribution in [3.63, 3.8) is 0 Å². The van der Waals surface area contributed by atoms with Crippen molar-refractivity contribution in [3.8, 4) is 5.75 Å². The molecule has 1 saturated heterocycles. The lowest BCUT2D eigenvalue weighted by Crippen LogP contribution is -2.32. The lowest BCUT2D eigenvalue weighted by Gasteiger charge is -2.17. The van der Waals surface area contributed by atoms with E-state index in [0.29, 0.717) is 24.4 Å². The fourth-order valence-electron chi connectivity index (χ4n) is 2.58. The highest BCUT2D eigenvalue weighted by Crippen LogP contribution is 2.18. The first kappa shape index (κ1) is 14.5. The summed E-state index contributed by atoms with van der Waals surface area (Å²) in [6.07, 6.45) is 4.17. The molecule has 2 heterocycles. The fraction of sp³-hybridized carbons (Fsp3) is 0.294. The van der Waals surface area contributed by atoms with Gasteiger partial charge in [-0.15, -0.1) is 0 Å². The van der Waals surface area contributed by atoms with Crippen LogP contribution in [0.4, 0.5) is 4.39 Å². The number of carbonyl (C=O) groups excluding carboxylic acids is 1. The SMILES string of the molecule is O=C(Cc1ccccc1F)N1CCC(Oc2cccnc2)C1. The Morgan fingerprint density at radius 3 is 2.95 bits per heavy atom. The van der Waals surface area contributed by atoms with Crippen molar-refractivity contribution in [1.29, 1.82) is 0 Å². The lowest BCUT2D eigenvalue weighted by molar-refractivity contribution is -0.129. The molecule has 1 aromatic carbocycles. The summed E-state index contributed by atoms with van der Waals surface area (Å²) in [6.45, 7) is 1.17. The molecule has 114 valence electrons. The van der Waals surface area contributed by atoms with Gasteiger partial charge in [-0.05, 0) is 23.8 Å². The van der Waals surface area contributed by atoms with Gasteiger partial charge in [0.1, 0.15) is 17.7 Å². The Morgan fingerprint density at radius 1 is 1.32 bits per heavy atom. The Bertz CT molecular complexity index is 648. The second-order valence-electron chi connectivity index (χ2n) is 5.33. The van der Waals surface area contributed by atoms with Gasteiger partial charge in [0, 0.05) is 19.2 Å². The van der Waals surface area contributed by atoms with E-state index in [-0.39, 0.29) is 24.2 Å². The van der Waals surface area contributed by atoms with Crippen LogP contribution in [0.2, 0.25) is 0 Å². The maximum absolute atomic E-state index is 13.6. The highest BCUT2D eigenvalue weighted by molar-refractivity contribution is 5.79. The summed E-state index contributed by atoms with van der Waals surface area (Å²) >= 11 is 0. The number of aromatic nitrogens is 1. The fourth-order valence-corrected chi connectivity index (χ4v) is 2.58. The van der Waals surface area contributed by atoms with Crippen LogP contribution in [0.15, 0.2) is 48.8 Å². The van der Waals surface area contributed by atoms with Crippen molar-refractivity contribution in [2.24, 2.45) is 0 Å². The largest absolute Gasteiger partial charge is 0.487 e. The third-order valence-electron chi connectivity index (χ3n) is 3.73. The number of ether oxygens (including phenoxy) is 1. The molecule has 0 saturated carbocycles. The number of pyridine rings is 1. The Labute approximate surface area is 128 Å². The molecule has 1 fully saturated rings. The predicted octanol–water partition coefficient (Wildman–Crippen LogP) is 2.44. The van der Waals surface area contributed by atoms with Gasteiger partial charge in [-0.1, -0.05) is 18.2 Å². The summed E-state index contributed by atoms with van der Waals surface area (Å²) in [5.41, 5.74) is 0.434. The van der Waals surface area contributed by atoms with Gasteiger partial charge in [-0.2, -0.15) is 0 Å². The molecule has 0 N–H and O–H groups in total. The first-order chi connectivity index (χ1) is 10.7. The van der Waals surface area contributed by atoms with Gasteiger partial charge in [0.15, 0.2) is 0 Å². The number of nitrogens with zero attached hydrogens (tertiary/aromatic N) is 2. The van der Waals surface area contributed by atoms with Gasteiger partial charge in [0.2, 0.25) is 5.91 Å². The first-order valence-corrected chi connectivity index (χ1v) is 7.30. The minimum absolute atomic E-state index is 0.0335. The van der Waals surface area contributed by atoms with Gasteiger partial charge in [0.25, 0.3) is 0 Å². The zero-order chi connectivity index (χ0) is 15.4. The highest BCUT2D eigenvalue weighted by atomic mass is 19.1. The van der Waals surface area contributed by atoms with Gasteiger partial charge >= 0.3 is 0 Å². The van der Waals surface area contributed by atoms with Crippen molar-refractivity contribution in [2.75, 3.05) is 13.1 Å². The van der Waals surface area contributed by atoms with E-state index in [4.69, 9.17) is 4.74 Å². The summed E-state index contributed by atoms with van der Waals surface area (Å²) in [6, 6.07) is 10.0. The maximum Gasteiger partial charge on any atom is 0.227 e. The maximum atomic E-state index is 13.6. The zero-order valence-electron chi connectivity index (χ0n) is 12.1. The van der Waals surface area contributed by atoms with Crippen LogP contribution in [0.3, 0.4) is 0 Å². The standard InChI is InChI=1S/C17H17FN2O2/c18-16-6-2-1-4-13(16)10-17(21)20-9-7-15(12-20)22-14-5-3-8-19-11-14/h1-6,8,11,15H,7,9-10,12H2. The molecule has 5 heteroatoms. The van der Waals surface area contributed by atoms with Crippen molar-refractivity contribution < 1.29 is 13.9 Å². The van der Waals surface area contributed by atoms with Crippen molar-refractivity contribution >= 4 is 5.91 Å². The second-order valence-corrected chi connectivity index (χ2v) is 5.33. The number of rotatable bonds is 4. The number of hydrogen-bond donors (Lipinski definition) is 0. The summed E-state index contributed by atoms with van der Waals surface area (Å²) in [4.78, 5) is 18.0. The number of benzene rings is 1. The van der Waals surface area contributed by atoms with Crippen LogP contribution in [0.1, 0.15) is 12.0 Å². The molecule has 0 aliphatic carbocycles. The van der Waals surface area contributed by atoms with Crippen molar-refractivity contribution in [1.82, 2.24) is 9.88 Å². The molecule has 0 spiro atoms. The molecule has 2 aromatic rings. The van der Waals surface area contributed by atoms with E-state index in [1.165, 1.54) is 6.07 Å². The average molecular weight is 300 g/mol. The molecular formula is C17H17FN2O2. The highest BCUT2D eigenvalue weighted by Gasteiger charge is 2.27. The van der Waals surface area contributed by atoms with E-state index in [9.17, 15) is 9.18 Å². The Morgan fingerprint density at radius 2 is 2.18 bits per heavy atom. The van der Waals surface area contributed by atoms with E-state index in [0.717, 1.165) is 6.42 Å². The molecule has 0 radical (unpaired) electrons. The lowest BCUT2D eigenvalue weighted by atomic mass is 10.1. The first-order valence-electron chi connectivity index (χ1n) is 7.30. The smallest absolute Gasteiger partial charge is 0.227 e. The molecule has 1 aromatic heterocycles. The molecule has 1 atom stereocenters. The molecule has 1 unspecified atom stereocenters. The van der Waals surface area contributed by atoms with Gasteiger partial charge < -0.3 is 9.64 Å². The summed E-state index contributed by atoms with van der Waals surface area (Å²) in [5.74, 6) is 0.302.